The topological polar surface area (TPSA) is 130 Å². The van der Waals surface area contributed by atoms with Crippen LogP contribution in [-0.2, 0) is 38.5 Å². The Morgan fingerprint density at radius 2 is 1.63 bits per heavy atom. The summed E-state index contributed by atoms with van der Waals surface area (Å²) in [7, 11) is -3.87. The molecule has 3 aliphatic rings. The van der Waals surface area contributed by atoms with Crippen molar-refractivity contribution in [3.63, 3.8) is 0 Å². The maximum absolute atomic E-state index is 13.5. The number of amides is 1. The summed E-state index contributed by atoms with van der Waals surface area (Å²) in [5.74, 6) is -2.40. The summed E-state index contributed by atoms with van der Waals surface area (Å²) in [6, 6.07) is 0. The van der Waals surface area contributed by atoms with Crippen LogP contribution in [0.25, 0.3) is 0 Å². The van der Waals surface area contributed by atoms with Crippen LogP contribution < -0.4 is 4.72 Å². The van der Waals surface area contributed by atoms with Crippen molar-refractivity contribution in [2.45, 2.75) is 134 Å². The zero-order valence-electron chi connectivity index (χ0n) is 26.6. The summed E-state index contributed by atoms with van der Waals surface area (Å²) >= 11 is 0. The van der Waals surface area contributed by atoms with Gasteiger partial charge < -0.3 is 28.8 Å². The first-order valence-electron chi connectivity index (χ1n) is 16.2. The molecule has 10 nitrogen and oxygen atoms in total. The van der Waals surface area contributed by atoms with Gasteiger partial charge in [-0.15, -0.1) is 0 Å². The highest BCUT2D eigenvalue weighted by atomic mass is 32.2. The van der Waals surface area contributed by atoms with Crippen molar-refractivity contribution >= 4 is 15.9 Å². The Morgan fingerprint density at radius 1 is 0.977 bits per heavy atom. The van der Waals surface area contributed by atoms with Crippen LogP contribution in [0.1, 0.15) is 104 Å². The highest BCUT2D eigenvalue weighted by Crippen LogP contribution is 2.37. The summed E-state index contributed by atoms with van der Waals surface area (Å²) < 4.78 is 56.1. The summed E-state index contributed by atoms with van der Waals surface area (Å²) in [6.07, 6.45) is 16.9. The van der Waals surface area contributed by atoms with Gasteiger partial charge in [0.1, 0.15) is 0 Å². The second-order valence-electron chi connectivity index (χ2n) is 12.7. The van der Waals surface area contributed by atoms with Crippen molar-refractivity contribution in [2.75, 3.05) is 26.1 Å². The van der Waals surface area contributed by atoms with Crippen molar-refractivity contribution in [2.24, 2.45) is 11.8 Å². The number of hydrogen-bond donors (Lipinski definition) is 2. The molecule has 43 heavy (non-hydrogen) atoms. The molecule has 0 aromatic rings. The summed E-state index contributed by atoms with van der Waals surface area (Å²) in [4.78, 5) is 13.5. The maximum Gasteiger partial charge on any atom is 0.293 e. The van der Waals surface area contributed by atoms with Gasteiger partial charge in [0.15, 0.2) is 12.6 Å². The average Bonchev–Trinajstić information content (AvgIpc) is 3.30. The monoisotopic (exact) mass is 629 g/mol. The van der Waals surface area contributed by atoms with Crippen molar-refractivity contribution in [3.05, 3.63) is 24.3 Å². The molecule has 5 atom stereocenters. The Morgan fingerprint density at radius 3 is 2.19 bits per heavy atom. The molecule has 3 rings (SSSR count). The molecular weight excluding hydrogens is 574 g/mol. The van der Waals surface area contributed by atoms with Crippen LogP contribution >= 0.6 is 0 Å². The number of aliphatic hydroxyl groups is 1. The van der Waals surface area contributed by atoms with Crippen LogP contribution in [0.15, 0.2) is 24.3 Å². The van der Waals surface area contributed by atoms with E-state index in [4.69, 9.17) is 23.7 Å². The number of nitrogens with one attached hydrogen (secondary N) is 1. The predicted octanol–water partition coefficient (Wildman–Crippen LogP) is 5.11. The number of ether oxygens (including phenoxy) is 5. The van der Waals surface area contributed by atoms with Crippen molar-refractivity contribution < 1.29 is 42.0 Å². The number of carbonyl (C=O) groups excluding carboxylic acids is 1. The van der Waals surface area contributed by atoms with Crippen LogP contribution in [-0.4, -0.2) is 75.6 Å². The first-order valence-corrected chi connectivity index (χ1v) is 18.1. The fraction of sp³-hybridized carbons (Fsp3) is 0.844. The van der Waals surface area contributed by atoms with Gasteiger partial charge in [0.2, 0.25) is 10.0 Å². The molecular formula is C32H55NO9S. The number of allylic oxidation sites excluding steroid dienone is 3. The quantitative estimate of drug-likeness (QED) is 0.167. The van der Waals surface area contributed by atoms with E-state index in [0.717, 1.165) is 64.2 Å². The van der Waals surface area contributed by atoms with Gasteiger partial charge in [-0.25, -0.2) is 13.1 Å². The molecule has 2 aliphatic heterocycles. The lowest BCUT2D eigenvalue weighted by Crippen LogP contribution is -2.56. The Kier molecular flexibility index (Phi) is 14.6. The van der Waals surface area contributed by atoms with Gasteiger partial charge in [-0.2, -0.15) is 0 Å². The van der Waals surface area contributed by atoms with E-state index in [2.05, 4.69) is 37.6 Å². The molecule has 0 aromatic heterocycles. The molecule has 248 valence electrons. The lowest BCUT2D eigenvalue weighted by atomic mass is 9.90. The van der Waals surface area contributed by atoms with Crippen LogP contribution in [0, 0.1) is 11.8 Å². The van der Waals surface area contributed by atoms with Gasteiger partial charge in [0.25, 0.3) is 11.7 Å². The number of rotatable bonds is 17. The van der Waals surface area contributed by atoms with Crippen LogP contribution in [0.3, 0.4) is 0 Å². The van der Waals surface area contributed by atoms with Crippen molar-refractivity contribution in [1.29, 1.82) is 0 Å². The molecule has 0 spiro atoms. The van der Waals surface area contributed by atoms with E-state index in [1.807, 2.05) is 12.2 Å². The maximum atomic E-state index is 13.5. The molecule has 0 bridgehead atoms. The zero-order chi connectivity index (χ0) is 31.3. The molecule has 1 aliphatic carbocycles. The van der Waals surface area contributed by atoms with Gasteiger partial charge in [0.05, 0.1) is 18.0 Å². The SMILES string of the molecule is CCCOC(C)(C)C/C=C/[C@H]1CC[C@H](O)[C@@H]1C/C=C\CCC(OC1CCCCO1)(OC1CCCCO1)C(=O)NS(C)(=O)=O. The van der Waals surface area contributed by atoms with Crippen molar-refractivity contribution in [3.8, 4) is 0 Å². The van der Waals surface area contributed by atoms with Gasteiger partial charge in [-0.3, -0.25) is 4.79 Å². The Bertz CT molecular complexity index is 980. The molecule has 2 saturated heterocycles. The fourth-order valence-corrected chi connectivity index (χ4v) is 6.39. The normalized spacial score (nSPS) is 28.8. The Hall–Kier alpha value is -1.34. The minimum atomic E-state index is -3.87. The van der Waals surface area contributed by atoms with E-state index in [9.17, 15) is 18.3 Å². The van der Waals surface area contributed by atoms with E-state index in [1.54, 1.807) is 0 Å². The number of hydrogen-bond acceptors (Lipinski definition) is 9. The van der Waals surface area contributed by atoms with Gasteiger partial charge in [0, 0.05) is 26.2 Å². The fourth-order valence-electron chi connectivity index (χ4n) is 5.90. The van der Waals surface area contributed by atoms with E-state index in [1.165, 1.54) is 0 Å². The highest BCUT2D eigenvalue weighted by molar-refractivity contribution is 7.89. The molecule has 11 heteroatoms. The summed E-state index contributed by atoms with van der Waals surface area (Å²) in [6.45, 7) is 8.03. The van der Waals surface area contributed by atoms with E-state index >= 15 is 0 Å². The third kappa shape index (κ3) is 12.5. The Labute approximate surface area is 258 Å². The van der Waals surface area contributed by atoms with E-state index in [-0.39, 0.29) is 30.0 Å². The van der Waals surface area contributed by atoms with E-state index in [0.29, 0.717) is 38.9 Å². The Balaban J connectivity index is 1.67. The second kappa shape index (κ2) is 17.4. The van der Waals surface area contributed by atoms with Gasteiger partial charge in [-0.1, -0.05) is 31.2 Å². The second-order valence-corrected chi connectivity index (χ2v) is 14.5. The minimum absolute atomic E-state index is 0.0773. The number of aliphatic hydroxyl groups excluding tert-OH is 1. The summed E-state index contributed by atoms with van der Waals surface area (Å²) in [5.41, 5.74) is -0.218. The molecule has 1 saturated carbocycles. The van der Waals surface area contributed by atoms with Crippen LogP contribution in [0.5, 0.6) is 0 Å². The molecule has 2 unspecified atom stereocenters. The molecule has 1 amide bonds. The molecule has 0 radical (unpaired) electrons. The van der Waals surface area contributed by atoms with Crippen LogP contribution in [0.4, 0.5) is 0 Å². The lowest BCUT2D eigenvalue weighted by Gasteiger charge is -2.39. The molecule has 3 fully saturated rings. The minimum Gasteiger partial charge on any atom is -0.393 e. The lowest BCUT2D eigenvalue weighted by molar-refractivity contribution is -0.346. The smallest absolute Gasteiger partial charge is 0.293 e. The average molecular weight is 630 g/mol. The third-order valence-corrected chi connectivity index (χ3v) is 8.84. The molecule has 0 aromatic carbocycles. The standard InChI is InChI=1S/C32H55NO9S/c1-5-22-40-31(2,3)20-13-14-25-18-19-27(34)26(25)15-7-6-10-21-32(30(35)33-43(4,36)37,41-28-16-8-11-23-38-28)42-29-17-9-12-24-39-29/h6-7,13-14,25-29,34H,5,8-12,15-24H2,1-4H3,(H,33,35)/b7-6-,14-13+/t25-,26+,27-,28?,29?,32?/m0/s1. The predicted molar refractivity (Wildman–Crippen MR) is 164 cm³/mol. The largest absolute Gasteiger partial charge is 0.393 e. The summed E-state index contributed by atoms with van der Waals surface area (Å²) in [5, 5.41) is 10.7. The number of carbonyl (C=O) groups is 1. The first kappa shape index (κ1) is 36.1. The van der Waals surface area contributed by atoms with E-state index < -0.39 is 34.3 Å². The molecule has 2 heterocycles. The molecule has 2 N–H and O–H groups in total. The van der Waals surface area contributed by atoms with Gasteiger partial charge >= 0.3 is 0 Å². The van der Waals surface area contributed by atoms with Gasteiger partial charge in [-0.05, 0) is 103 Å². The highest BCUT2D eigenvalue weighted by Gasteiger charge is 2.47. The zero-order valence-corrected chi connectivity index (χ0v) is 27.4. The first-order chi connectivity index (χ1) is 20.4. The number of sulfonamides is 1. The van der Waals surface area contributed by atoms with Crippen molar-refractivity contribution in [1.82, 2.24) is 4.72 Å². The third-order valence-electron chi connectivity index (χ3n) is 8.29. The van der Waals surface area contributed by atoms with Crippen LogP contribution in [0.2, 0.25) is 0 Å².